The first-order valence-corrected chi connectivity index (χ1v) is 6.15. The van der Waals surface area contributed by atoms with E-state index in [0.717, 1.165) is 11.8 Å². The lowest BCUT2D eigenvalue weighted by Gasteiger charge is -2.14. The zero-order chi connectivity index (χ0) is 13.5. The Morgan fingerprint density at radius 3 is 2.67 bits per heavy atom. The van der Waals surface area contributed by atoms with Crippen LogP contribution in [0.2, 0.25) is 0 Å². The average molecular weight is 266 g/mol. The molecule has 0 spiro atoms. The Balaban J connectivity index is 2.49. The smallest absolute Gasteiger partial charge is 0.232 e. The highest BCUT2D eigenvalue weighted by molar-refractivity contribution is 7.99. The molecule has 1 aromatic rings. The predicted octanol–water partition coefficient (Wildman–Crippen LogP) is 0.105. The number of hydrogen-bond donors (Lipinski definition) is 2. The van der Waals surface area contributed by atoms with Crippen LogP contribution in [0.3, 0.4) is 0 Å². The summed E-state index contributed by atoms with van der Waals surface area (Å²) in [4.78, 5) is 21.1. The summed E-state index contributed by atoms with van der Waals surface area (Å²) in [5.74, 6) is 0.635. The molecule has 1 aromatic heterocycles. The SMILES string of the molecule is CN(CCC#N)C(=O)CSc1nc(N)cc(N)n1. The minimum atomic E-state index is -0.0974. The standard InChI is InChI=1S/C10H14N6OS/c1-16(4-2-3-11)9(17)6-18-10-14-7(12)5-8(13)15-10/h5H,2,4,6H2,1H3,(H4,12,13,14,15). The monoisotopic (exact) mass is 266 g/mol. The highest BCUT2D eigenvalue weighted by Crippen LogP contribution is 2.16. The molecule has 1 amide bonds. The maximum absolute atomic E-state index is 11.7. The Bertz CT molecular complexity index is 452. The van der Waals surface area contributed by atoms with E-state index in [-0.39, 0.29) is 23.3 Å². The van der Waals surface area contributed by atoms with Gasteiger partial charge in [0.15, 0.2) is 5.16 Å². The number of anilines is 2. The molecule has 18 heavy (non-hydrogen) atoms. The van der Waals surface area contributed by atoms with E-state index in [1.807, 2.05) is 6.07 Å². The normalized spacial score (nSPS) is 9.78. The van der Waals surface area contributed by atoms with Crippen LogP contribution in [-0.4, -0.2) is 40.1 Å². The molecule has 1 rings (SSSR count). The minimum Gasteiger partial charge on any atom is -0.383 e. The van der Waals surface area contributed by atoms with Crippen molar-refractivity contribution in [2.45, 2.75) is 11.6 Å². The summed E-state index contributed by atoms with van der Waals surface area (Å²) in [6.45, 7) is 0.413. The first-order chi connectivity index (χ1) is 8.52. The lowest BCUT2D eigenvalue weighted by Crippen LogP contribution is -2.29. The van der Waals surface area contributed by atoms with Gasteiger partial charge in [0.1, 0.15) is 11.6 Å². The first-order valence-electron chi connectivity index (χ1n) is 5.16. The number of nitrogens with two attached hydrogens (primary N) is 2. The van der Waals surface area contributed by atoms with Gasteiger partial charge in [0.25, 0.3) is 0 Å². The van der Waals surface area contributed by atoms with Crippen LogP contribution in [-0.2, 0) is 4.79 Å². The number of carbonyl (C=O) groups is 1. The van der Waals surface area contributed by atoms with Crippen LogP contribution in [0.15, 0.2) is 11.2 Å². The summed E-state index contributed by atoms with van der Waals surface area (Å²) in [5.41, 5.74) is 11.0. The van der Waals surface area contributed by atoms with Gasteiger partial charge in [-0.25, -0.2) is 9.97 Å². The minimum absolute atomic E-state index is 0.0974. The number of thioether (sulfide) groups is 1. The molecule has 7 nitrogen and oxygen atoms in total. The van der Waals surface area contributed by atoms with Crippen molar-refractivity contribution in [2.75, 3.05) is 30.8 Å². The number of aromatic nitrogens is 2. The molecule has 4 N–H and O–H groups in total. The second kappa shape index (κ2) is 6.66. The first kappa shape index (κ1) is 14.1. The number of hydrogen-bond acceptors (Lipinski definition) is 7. The van der Waals surface area contributed by atoms with E-state index in [4.69, 9.17) is 16.7 Å². The summed E-state index contributed by atoms with van der Waals surface area (Å²) >= 11 is 1.16. The van der Waals surface area contributed by atoms with Gasteiger partial charge in [-0.1, -0.05) is 11.8 Å². The van der Waals surface area contributed by atoms with Crippen LogP contribution in [0.25, 0.3) is 0 Å². The fraction of sp³-hybridized carbons (Fsp3) is 0.400. The maximum Gasteiger partial charge on any atom is 0.232 e. The molecule has 0 fully saturated rings. The highest BCUT2D eigenvalue weighted by atomic mass is 32.2. The molecular weight excluding hydrogens is 252 g/mol. The Morgan fingerprint density at radius 2 is 2.11 bits per heavy atom. The second-order valence-electron chi connectivity index (χ2n) is 3.51. The lowest BCUT2D eigenvalue weighted by atomic mass is 10.4. The van der Waals surface area contributed by atoms with Gasteiger partial charge < -0.3 is 16.4 Å². The van der Waals surface area contributed by atoms with Gasteiger partial charge in [0.05, 0.1) is 18.2 Å². The van der Waals surface area contributed by atoms with E-state index >= 15 is 0 Å². The van der Waals surface area contributed by atoms with Gasteiger partial charge in [-0.3, -0.25) is 4.79 Å². The van der Waals surface area contributed by atoms with Gasteiger partial charge in [0.2, 0.25) is 5.91 Å². The molecule has 0 saturated carbocycles. The number of carbonyl (C=O) groups excluding carboxylic acids is 1. The molecule has 8 heteroatoms. The highest BCUT2D eigenvalue weighted by Gasteiger charge is 2.10. The molecule has 0 unspecified atom stereocenters. The van der Waals surface area contributed by atoms with Gasteiger partial charge in [-0.05, 0) is 0 Å². The van der Waals surface area contributed by atoms with Gasteiger partial charge in [0, 0.05) is 19.7 Å². The van der Waals surface area contributed by atoms with Crippen LogP contribution >= 0.6 is 11.8 Å². The molecule has 0 aliphatic heterocycles. The summed E-state index contributed by atoms with van der Waals surface area (Å²) in [6.07, 6.45) is 0.314. The van der Waals surface area contributed by atoms with Crippen LogP contribution < -0.4 is 11.5 Å². The Hall–Kier alpha value is -2.01. The van der Waals surface area contributed by atoms with Gasteiger partial charge in [-0.2, -0.15) is 5.26 Å². The molecule has 1 heterocycles. The lowest BCUT2D eigenvalue weighted by molar-refractivity contribution is -0.127. The van der Waals surface area contributed by atoms with Crippen LogP contribution in [0.5, 0.6) is 0 Å². The van der Waals surface area contributed by atoms with Gasteiger partial charge in [-0.15, -0.1) is 0 Å². The van der Waals surface area contributed by atoms with Crippen LogP contribution in [0, 0.1) is 11.3 Å². The van der Waals surface area contributed by atoms with Crippen molar-refractivity contribution in [1.29, 1.82) is 5.26 Å². The van der Waals surface area contributed by atoms with E-state index in [1.54, 1.807) is 7.05 Å². The second-order valence-corrected chi connectivity index (χ2v) is 4.45. The third-order valence-electron chi connectivity index (χ3n) is 2.05. The molecule has 0 aliphatic carbocycles. The zero-order valence-corrected chi connectivity index (χ0v) is 10.8. The zero-order valence-electron chi connectivity index (χ0n) is 9.96. The van der Waals surface area contributed by atoms with Crippen molar-refractivity contribution in [2.24, 2.45) is 0 Å². The van der Waals surface area contributed by atoms with E-state index in [9.17, 15) is 4.79 Å². The fourth-order valence-corrected chi connectivity index (χ4v) is 1.92. The Labute approximate surface area is 109 Å². The van der Waals surface area contributed by atoms with Crippen molar-refractivity contribution >= 4 is 29.3 Å². The summed E-state index contributed by atoms with van der Waals surface area (Å²) in [7, 11) is 1.65. The fourth-order valence-electron chi connectivity index (χ4n) is 1.11. The van der Waals surface area contributed by atoms with Crippen molar-refractivity contribution in [3.8, 4) is 6.07 Å². The van der Waals surface area contributed by atoms with E-state index in [0.29, 0.717) is 18.1 Å². The predicted molar refractivity (Wildman–Crippen MR) is 69.4 cm³/mol. The van der Waals surface area contributed by atoms with E-state index < -0.39 is 0 Å². The largest absolute Gasteiger partial charge is 0.383 e. The molecule has 0 aliphatic rings. The van der Waals surface area contributed by atoms with Crippen molar-refractivity contribution in [1.82, 2.24) is 14.9 Å². The summed E-state index contributed by atoms with van der Waals surface area (Å²) in [5, 5.41) is 8.79. The van der Waals surface area contributed by atoms with E-state index in [2.05, 4.69) is 9.97 Å². The van der Waals surface area contributed by atoms with Crippen LogP contribution in [0.1, 0.15) is 6.42 Å². The molecule has 0 radical (unpaired) electrons. The van der Waals surface area contributed by atoms with Crippen molar-refractivity contribution in [3.63, 3.8) is 0 Å². The molecule has 0 saturated heterocycles. The summed E-state index contributed by atoms with van der Waals surface area (Å²) in [6, 6.07) is 3.43. The molecule has 0 atom stereocenters. The Morgan fingerprint density at radius 1 is 1.50 bits per heavy atom. The van der Waals surface area contributed by atoms with Crippen LogP contribution in [0.4, 0.5) is 11.6 Å². The average Bonchev–Trinajstić information content (AvgIpc) is 2.31. The Kier molecular flexibility index (Phi) is 5.20. The number of amides is 1. The van der Waals surface area contributed by atoms with Gasteiger partial charge >= 0.3 is 0 Å². The topological polar surface area (TPSA) is 122 Å². The maximum atomic E-state index is 11.7. The molecule has 0 bridgehead atoms. The number of rotatable bonds is 5. The number of nitriles is 1. The van der Waals surface area contributed by atoms with E-state index in [1.165, 1.54) is 11.0 Å². The molecular formula is C10H14N6OS. The third-order valence-corrected chi connectivity index (χ3v) is 2.89. The molecule has 0 aromatic carbocycles. The number of nitrogen functional groups attached to an aromatic ring is 2. The van der Waals surface area contributed by atoms with Crippen molar-refractivity contribution < 1.29 is 4.79 Å². The molecule has 96 valence electrons. The number of nitrogens with zero attached hydrogens (tertiary/aromatic N) is 4. The summed E-state index contributed by atoms with van der Waals surface area (Å²) < 4.78 is 0. The third kappa shape index (κ3) is 4.47. The quantitative estimate of drug-likeness (QED) is 0.572. The van der Waals surface area contributed by atoms with Crippen molar-refractivity contribution in [3.05, 3.63) is 6.07 Å².